The molecule has 1 N–H and O–H groups in total. The molecular formula is C22H20F4N4O2. The number of ether oxygens (including phenoxy) is 1. The number of halogens is 4. The van der Waals surface area contributed by atoms with Crippen LogP contribution in [0.2, 0.25) is 0 Å². The molecule has 168 valence electrons. The Kier molecular flexibility index (Phi) is 4.74. The second-order valence-corrected chi connectivity index (χ2v) is 8.37. The maximum absolute atomic E-state index is 14.6. The van der Waals surface area contributed by atoms with Crippen molar-refractivity contribution in [1.29, 1.82) is 0 Å². The maximum Gasteiger partial charge on any atom is 0.419 e. The highest BCUT2D eigenvalue weighted by molar-refractivity contribution is 5.88. The molecule has 3 aromatic rings. The molecule has 4 atom stereocenters. The lowest BCUT2D eigenvalue weighted by molar-refractivity contribution is -0.140. The van der Waals surface area contributed by atoms with Crippen LogP contribution in [0.4, 0.5) is 23.4 Å². The van der Waals surface area contributed by atoms with Gasteiger partial charge in [0, 0.05) is 35.7 Å². The number of rotatable bonds is 4. The van der Waals surface area contributed by atoms with Gasteiger partial charge in [0.1, 0.15) is 17.5 Å². The van der Waals surface area contributed by atoms with Crippen LogP contribution in [0.25, 0.3) is 10.9 Å². The first-order chi connectivity index (χ1) is 15.1. The Morgan fingerprint density at radius 1 is 1.22 bits per heavy atom. The standard InChI is InChI=1S/C22H20F4N4O2/c1-10(12-4-3-5-16(19(12)23)22(24,25)26)27-21-13-7-30(20-14-8-32-9-15(14)20)18(31)6-17(13)28-11(2)29-21/h3-7,10,14-15,20H,8-9H2,1-2H3,(H,27,28,29)/t10-,14-,15+,20?/m1/s1. The lowest BCUT2D eigenvalue weighted by Gasteiger charge is -2.20. The van der Waals surface area contributed by atoms with Crippen molar-refractivity contribution in [2.75, 3.05) is 18.5 Å². The van der Waals surface area contributed by atoms with Gasteiger partial charge in [-0.25, -0.2) is 14.4 Å². The summed E-state index contributed by atoms with van der Waals surface area (Å²) in [6.45, 7) is 4.43. The molecule has 0 bridgehead atoms. The average Bonchev–Trinajstić information content (AvgIpc) is 3.16. The summed E-state index contributed by atoms with van der Waals surface area (Å²) in [7, 11) is 0. The highest BCUT2D eigenvalue weighted by Crippen LogP contribution is 2.53. The number of nitrogens with zero attached hydrogens (tertiary/aromatic N) is 3. The van der Waals surface area contributed by atoms with Crippen molar-refractivity contribution in [3.63, 3.8) is 0 Å². The number of benzene rings is 1. The van der Waals surface area contributed by atoms with Gasteiger partial charge in [0.05, 0.1) is 35.7 Å². The van der Waals surface area contributed by atoms with Crippen LogP contribution in [0.3, 0.4) is 0 Å². The topological polar surface area (TPSA) is 69.0 Å². The van der Waals surface area contributed by atoms with E-state index in [1.807, 2.05) is 0 Å². The third kappa shape index (κ3) is 3.42. The molecular weight excluding hydrogens is 428 g/mol. The highest BCUT2D eigenvalue weighted by Gasteiger charge is 2.55. The third-order valence-corrected chi connectivity index (χ3v) is 6.25. The maximum atomic E-state index is 14.6. The Hall–Kier alpha value is -3.01. The van der Waals surface area contributed by atoms with E-state index >= 15 is 0 Å². The van der Waals surface area contributed by atoms with Gasteiger partial charge in [-0.1, -0.05) is 12.1 Å². The summed E-state index contributed by atoms with van der Waals surface area (Å²) in [4.78, 5) is 21.4. The second kappa shape index (κ2) is 7.26. The Balaban J connectivity index is 1.54. The third-order valence-electron chi connectivity index (χ3n) is 6.25. The minimum Gasteiger partial charge on any atom is -0.381 e. The van der Waals surface area contributed by atoms with Crippen molar-refractivity contribution in [3.05, 3.63) is 63.6 Å². The summed E-state index contributed by atoms with van der Waals surface area (Å²) >= 11 is 0. The Labute approximate surface area is 180 Å². The van der Waals surface area contributed by atoms with Crippen molar-refractivity contribution in [1.82, 2.24) is 14.5 Å². The smallest absolute Gasteiger partial charge is 0.381 e. The van der Waals surface area contributed by atoms with Gasteiger partial charge in [0.25, 0.3) is 5.56 Å². The van der Waals surface area contributed by atoms with Crippen LogP contribution in [0.5, 0.6) is 0 Å². The van der Waals surface area contributed by atoms with E-state index in [1.54, 1.807) is 24.6 Å². The number of alkyl halides is 3. The van der Waals surface area contributed by atoms with Crippen molar-refractivity contribution >= 4 is 16.7 Å². The van der Waals surface area contributed by atoms with Crippen LogP contribution in [0.15, 0.2) is 35.3 Å². The van der Waals surface area contributed by atoms with Gasteiger partial charge < -0.3 is 14.6 Å². The second-order valence-electron chi connectivity index (χ2n) is 8.37. The molecule has 0 radical (unpaired) electrons. The summed E-state index contributed by atoms with van der Waals surface area (Å²) in [6, 6.07) is 3.86. The molecule has 10 heteroatoms. The van der Waals surface area contributed by atoms with Crippen LogP contribution < -0.4 is 10.9 Å². The fourth-order valence-corrected chi connectivity index (χ4v) is 4.59. The number of nitrogens with one attached hydrogen (secondary N) is 1. The van der Waals surface area contributed by atoms with E-state index in [-0.39, 0.29) is 17.2 Å². The molecule has 3 heterocycles. The summed E-state index contributed by atoms with van der Waals surface area (Å²) in [5, 5.41) is 3.56. The van der Waals surface area contributed by atoms with Crippen LogP contribution in [-0.4, -0.2) is 27.7 Å². The first-order valence-corrected chi connectivity index (χ1v) is 10.3. The fraction of sp³-hybridized carbons (Fsp3) is 0.409. The number of aromatic nitrogens is 3. The largest absolute Gasteiger partial charge is 0.419 e. The van der Waals surface area contributed by atoms with Crippen LogP contribution in [0.1, 0.15) is 36.0 Å². The first-order valence-electron chi connectivity index (χ1n) is 10.3. The summed E-state index contributed by atoms with van der Waals surface area (Å²) in [6.07, 6.45) is -3.11. The lowest BCUT2D eigenvalue weighted by Crippen LogP contribution is -2.21. The summed E-state index contributed by atoms with van der Waals surface area (Å²) in [5.74, 6) is -0.0203. The minimum absolute atomic E-state index is 0.0492. The van der Waals surface area contributed by atoms with Gasteiger partial charge in [0.2, 0.25) is 0 Å². The normalized spacial score (nSPS) is 23.2. The minimum atomic E-state index is -4.79. The quantitative estimate of drug-likeness (QED) is 0.605. The van der Waals surface area contributed by atoms with E-state index in [9.17, 15) is 22.4 Å². The van der Waals surface area contributed by atoms with E-state index in [0.29, 0.717) is 53.7 Å². The van der Waals surface area contributed by atoms with Crippen LogP contribution in [0, 0.1) is 24.6 Å². The Morgan fingerprint density at radius 3 is 2.62 bits per heavy atom. The number of hydrogen-bond donors (Lipinski definition) is 1. The Bertz CT molecular complexity index is 1260. The van der Waals surface area contributed by atoms with Gasteiger partial charge in [-0.05, 0) is 19.9 Å². The van der Waals surface area contributed by atoms with Gasteiger partial charge in [0.15, 0.2) is 0 Å². The molecule has 1 saturated carbocycles. The molecule has 0 spiro atoms. The molecule has 32 heavy (non-hydrogen) atoms. The number of fused-ring (bicyclic) bond motifs is 2. The molecule has 1 saturated heterocycles. The SMILES string of the molecule is Cc1nc(N[C@H](C)c2cccc(C(F)(F)F)c2F)c2cn(C3[C@H]4COC[C@@H]34)c(=O)cc2n1. The van der Waals surface area contributed by atoms with Crippen molar-refractivity contribution in [3.8, 4) is 0 Å². The van der Waals surface area contributed by atoms with E-state index in [0.717, 1.165) is 0 Å². The summed E-state index contributed by atoms with van der Waals surface area (Å²) in [5.41, 5.74) is -1.21. The van der Waals surface area contributed by atoms with E-state index in [2.05, 4.69) is 15.3 Å². The number of pyridine rings is 1. The van der Waals surface area contributed by atoms with Gasteiger partial charge in [-0.15, -0.1) is 0 Å². The molecule has 1 aromatic carbocycles. The first kappa shape index (κ1) is 20.9. The molecule has 2 aliphatic rings. The number of aryl methyl sites for hydroxylation is 1. The molecule has 2 fully saturated rings. The van der Waals surface area contributed by atoms with E-state index < -0.39 is 23.6 Å². The highest BCUT2D eigenvalue weighted by atomic mass is 19.4. The van der Waals surface area contributed by atoms with Gasteiger partial charge in [-0.2, -0.15) is 13.2 Å². The molecule has 1 aliphatic heterocycles. The molecule has 1 aliphatic carbocycles. The van der Waals surface area contributed by atoms with E-state index in [4.69, 9.17) is 4.74 Å². The number of hydrogen-bond acceptors (Lipinski definition) is 5. The molecule has 2 aromatic heterocycles. The average molecular weight is 448 g/mol. The Morgan fingerprint density at radius 2 is 1.94 bits per heavy atom. The predicted octanol–water partition coefficient (Wildman–Crippen LogP) is 4.25. The fourth-order valence-electron chi connectivity index (χ4n) is 4.59. The van der Waals surface area contributed by atoms with Gasteiger partial charge >= 0.3 is 6.18 Å². The van der Waals surface area contributed by atoms with Crippen molar-refractivity contribution in [2.24, 2.45) is 11.8 Å². The van der Waals surface area contributed by atoms with Crippen molar-refractivity contribution < 1.29 is 22.3 Å². The molecule has 6 nitrogen and oxygen atoms in total. The van der Waals surface area contributed by atoms with Crippen molar-refractivity contribution in [2.45, 2.75) is 32.1 Å². The van der Waals surface area contributed by atoms with Crippen LogP contribution in [-0.2, 0) is 10.9 Å². The lowest BCUT2D eigenvalue weighted by atomic mass is 10.0. The monoisotopic (exact) mass is 448 g/mol. The zero-order valence-corrected chi connectivity index (χ0v) is 17.3. The number of anilines is 1. The van der Waals surface area contributed by atoms with Crippen LogP contribution >= 0.6 is 0 Å². The summed E-state index contributed by atoms with van der Waals surface area (Å²) < 4.78 is 61.0. The zero-order valence-electron chi connectivity index (χ0n) is 17.3. The molecule has 1 unspecified atom stereocenters. The molecule has 5 rings (SSSR count). The molecule has 0 amide bonds. The zero-order chi connectivity index (χ0) is 22.8. The van der Waals surface area contributed by atoms with E-state index in [1.165, 1.54) is 18.2 Å². The predicted molar refractivity (Wildman–Crippen MR) is 109 cm³/mol. The van der Waals surface area contributed by atoms with Gasteiger partial charge in [-0.3, -0.25) is 4.79 Å².